The van der Waals surface area contributed by atoms with Gasteiger partial charge >= 0.3 is 0 Å². The third-order valence-electron chi connectivity index (χ3n) is 4.09. The number of hydrogen-bond acceptors (Lipinski definition) is 2. The summed E-state index contributed by atoms with van der Waals surface area (Å²) in [6.45, 7) is 5.97. The SMILES string of the molecule is CC(Cc1ccc(Cl)cc1)NC(=O)C1(C)CCNCC1. The van der Waals surface area contributed by atoms with Crippen LogP contribution in [0.4, 0.5) is 0 Å². The predicted molar refractivity (Wildman–Crippen MR) is 83.0 cm³/mol. The quantitative estimate of drug-likeness (QED) is 0.896. The van der Waals surface area contributed by atoms with Crippen molar-refractivity contribution in [2.24, 2.45) is 5.41 Å². The van der Waals surface area contributed by atoms with Crippen LogP contribution >= 0.6 is 11.6 Å². The lowest BCUT2D eigenvalue weighted by atomic mass is 9.80. The fourth-order valence-electron chi connectivity index (χ4n) is 2.63. The van der Waals surface area contributed by atoms with E-state index in [4.69, 9.17) is 11.6 Å². The molecule has 1 atom stereocenters. The van der Waals surface area contributed by atoms with E-state index in [9.17, 15) is 4.79 Å². The van der Waals surface area contributed by atoms with Gasteiger partial charge in [0.1, 0.15) is 0 Å². The van der Waals surface area contributed by atoms with Crippen molar-refractivity contribution in [2.45, 2.75) is 39.2 Å². The molecule has 0 aromatic heterocycles. The molecule has 1 amide bonds. The van der Waals surface area contributed by atoms with Crippen LogP contribution in [0.1, 0.15) is 32.3 Å². The Hall–Kier alpha value is -1.06. The number of halogens is 1. The second-order valence-corrected chi connectivity index (χ2v) is 6.45. The highest BCUT2D eigenvalue weighted by atomic mass is 35.5. The van der Waals surface area contributed by atoms with Gasteiger partial charge in [-0.15, -0.1) is 0 Å². The molecule has 20 heavy (non-hydrogen) atoms. The molecule has 0 spiro atoms. The first-order valence-corrected chi connectivity index (χ1v) is 7.63. The number of hydrogen-bond donors (Lipinski definition) is 2. The number of nitrogens with one attached hydrogen (secondary N) is 2. The number of carbonyl (C=O) groups excluding carboxylic acids is 1. The summed E-state index contributed by atoms with van der Waals surface area (Å²) >= 11 is 5.88. The van der Waals surface area contributed by atoms with E-state index < -0.39 is 0 Å². The smallest absolute Gasteiger partial charge is 0.226 e. The Balaban J connectivity index is 1.88. The second-order valence-electron chi connectivity index (χ2n) is 6.02. The molecule has 1 fully saturated rings. The Morgan fingerprint density at radius 1 is 1.35 bits per heavy atom. The standard InChI is InChI=1S/C16H23ClN2O/c1-12(11-13-3-5-14(17)6-4-13)19-15(20)16(2)7-9-18-10-8-16/h3-6,12,18H,7-11H2,1-2H3,(H,19,20). The Morgan fingerprint density at radius 2 is 1.95 bits per heavy atom. The largest absolute Gasteiger partial charge is 0.353 e. The van der Waals surface area contributed by atoms with Gasteiger partial charge in [0.2, 0.25) is 5.91 Å². The maximum atomic E-state index is 12.4. The molecular weight excluding hydrogens is 272 g/mol. The molecule has 0 aliphatic carbocycles. The maximum absolute atomic E-state index is 12.4. The monoisotopic (exact) mass is 294 g/mol. The van der Waals surface area contributed by atoms with Crippen LogP contribution in [-0.4, -0.2) is 25.0 Å². The summed E-state index contributed by atoms with van der Waals surface area (Å²) in [5.41, 5.74) is 0.970. The molecule has 0 saturated carbocycles. The zero-order chi connectivity index (χ0) is 14.6. The summed E-state index contributed by atoms with van der Waals surface area (Å²) in [5, 5.41) is 7.20. The van der Waals surface area contributed by atoms with Gasteiger partial charge in [-0.1, -0.05) is 30.7 Å². The van der Waals surface area contributed by atoms with Crippen molar-refractivity contribution in [1.82, 2.24) is 10.6 Å². The molecule has 0 bridgehead atoms. The molecule has 2 N–H and O–H groups in total. The zero-order valence-electron chi connectivity index (χ0n) is 12.2. The minimum absolute atomic E-state index is 0.135. The van der Waals surface area contributed by atoms with Crippen LogP contribution < -0.4 is 10.6 Å². The van der Waals surface area contributed by atoms with Gasteiger partial charge in [-0.3, -0.25) is 4.79 Å². The van der Waals surface area contributed by atoms with Crippen molar-refractivity contribution in [1.29, 1.82) is 0 Å². The number of rotatable bonds is 4. The fraction of sp³-hybridized carbons (Fsp3) is 0.562. The summed E-state index contributed by atoms with van der Waals surface area (Å²) in [5.74, 6) is 0.181. The molecule has 1 aromatic rings. The van der Waals surface area contributed by atoms with Crippen LogP contribution in [-0.2, 0) is 11.2 Å². The van der Waals surface area contributed by atoms with Crippen molar-refractivity contribution in [3.05, 3.63) is 34.9 Å². The Bertz CT molecular complexity index is 452. The summed E-state index contributed by atoms with van der Waals surface area (Å²) in [4.78, 5) is 12.4. The van der Waals surface area contributed by atoms with E-state index >= 15 is 0 Å². The van der Waals surface area contributed by atoms with Gasteiger partial charge in [0.05, 0.1) is 0 Å². The Kier molecular flexibility index (Phi) is 5.06. The third-order valence-corrected chi connectivity index (χ3v) is 4.34. The Morgan fingerprint density at radius 3 is 2.55 bits per heavy atom. The van der Waals surface area contributed by atoms with E-state index in [1.165, 1.54) is 5.56 Å². The molecule has 0 radical (unpaired) electrons. The van der Waals surface area contributed by atoms with Gasteiger partial charge in [0.25, 0.3) is 0 Å². The molecule has 2 rings (SSSR count). The van der Waals surface area contributed by atoms with Gasteiger partial charge < -0.3 is 10.6 Å². The van der Waals surface area contributed by atoms with E-state index in [1.54, 1.807) is 0 Å². The van der Waals surface area contributed by atoms with E-state index in [0.29, 0.717) is 0 Å². The molecule has 1 aromatic carbocycles. The van der Waals surface area contributed by atoms with Crippen LogP contribution in [0.15, 0.2) is 24.3 Å². The lowest BCUT2D eigenvalue weighted by Gasteiger charge is -2.33. The highest BCUT2D eigenvalue weighted by Crippen LogP contribution is 2.28. The summed E-state index contributed by atoms with van der Waals surface area (Å²) < 4.78 is 0. The number of piperidine rings is 1. The lowest BCUT2D eigenvalue weighted by molar-refractivity contribution is -0.132. The number of amides is 1. The van der Waals surface area contributed by atoms with Crippen molar-refractivity contribution in [2.75, 3.05) is 13.1 Å². The first-order valence-electron chi connectivity index (χ1n) is 7.26. The van der Waals surface area contributed by atoms with Crippen LogP contribution in [0.2, 0.25) is 5.02 Å². The molecule has 1 aliphatic rings. The molecular formula is C16H23ClN2O. The van der Waals surface area contributed by atoms with E-state index in [2.05, 4.69) is 24.5 Å². The van der Waals surface area contributed by atoms with Gasteiger partial charge in [-0.05, 0) is 57.0 Å². The summed E-state index contributed by atoms with van der Waals surface area (Å²) in [6.07, 6.45) is 2.65. The van der Waals surface area contributed by atoms with E-state index in [-0.39, 0.29) is 17.4 Å². The van der Waals surface area contributed by atoms with Crippen LogP contribution in [0, 0.1) is 5.41 Å². The van der Waals surface area contributed by atoms with E-state index in [1.807, 2.05) is 24.3 Å². The Labute approximate surface area is 126 Å². The van der Waals surface area contributed by atoms with Gasteiger partial charge in [-0.2, -0.15) is 0 Å². The fourth-order valence-corrected chi connectivity index (χ4v) is 2.75. The van der Waals surface area contributed by atoms with Crippen molar-refractivity contribution < 1.29 is 4.79 Å². The molecule has 1 heterocycles. The summed E-state index contributed by atoms with van der Waals surface area (Å²) in [7, 11) is 0. The minimum atomic E-state index is -0.223. The molecule has 3 nitrogen and oxygen atoms in total. The third kappa shape index (κ3) is 3.97. The number of benzene rings is 1. The van der Waals surface area contributed by atoms with Crippen molar-refractivity contribution >= 4 is 17.5 Å². The van der Waals surface area contributed by atoms with Crippen LogP contribution in [0.25, 0.3) is 0 Å². The van der Waals surface area contributed by atoms with Crippen molar-refractivity contribution in [3.8, 4) is 0 Å². The minimum Gasteiger partial charge on any atom is -0.353 e. The summed E-state index contributed by atoms with van der Waals surface area (Å²) in [6, 6.07) is 7.93. The van der Waals surface area contributed by atoms with Crippen LogP contribution in [0.3, 0.4) is 0 Å². The second kappa shape index (κ2) is 6.59. The highest BCUT2D eigenvalue weighted by molar-refractivity contribution is 6.30. The highest BCUT2D eigenvalue weighted by Gasteiger charge is 2.34. The molecule has 1 saturated heterocycles. The zero-order valence-corrected chi connectivity index (χ0v) is 13.0. The topological polar surface area (TPSA) is 41.1 Å². The molecule has 1 unspecified atom stereocenters. The maximum Gasteiger partial charge on any atom is 0.226 e. The van der Waals surface area contributed by atoms with Gasteiger partial charge in [-0.25, -0.2) is 0 Å². The predicted octanol–water partition coefficient (Wildman–Crippen LogP) is 2.78. The normalized spacial score (nSPS) is 19.4. The van der Waals surface area contributed by atoms with Crippen LogP contribution in [0.5, 0.6) is 0 Å². The van der Waals surface area contributed by atoms with Gasteiger partial charge in [0, 0.05) is 16.5 Å². The molecule has 4 heteroatoms. The van der Waals surface area contributed by atoms with E-state index in [0.717, 1.165) is 37.4 Å². The van der Waals surface area contributed by atoms with Gasteiger partial charge in [0.15, 0.2) is 0 Å². The first-order chi connectivity index (χ1) is 9.49. The molecule has 110 valence electrons. The number of carbonyl (C=O) groups is 1. The first kappa shape index (κ1) is 15.3. The average molecular weight is 295 g/mol. The van der Waals surface area contributed by atoms with Crippen molar-refractivity contribution in [3.63, 3.8) is 0 Å². The average Bonchev–Trinajstić information content (AvgIpc) is 2.42. The molecule has 1 aliphatic heterocycles. The lowest BCUT2D eigenvalue weighted by Crippen LogP contribution is -2.48.